The summed E-state index contributed by atoms with van der Waals surface area (Å²) in [4.78, 5) is 13.6. The van der Waals surface area contributed by atoms with E-state index in [2.05, 4.69) is 38.1 Å². The van der Waals surface area contributed by atoms with Crippen LogP contribution in [0.1, 0.15) is 57.6 Å². The summed E-state index contributed by atoms with van der Waals surface area (Å²) in [6.07, 6.45) is 7.13. The van der Waals surface area contributed by atoms with Gasteiger partial charge in [0.15, 0.2) is 0 Å². The minimum Gasteiger partial charge on any atom is -0.342 e. The van der Waals surface area contributed by atoms with Crippen LogP contribution in [0, 0.1) is 5.41 Å². The lowest BCUT2D eigenvalue weighted by Crippen LogP contribution is -2.44. The predicted molar refractivity (Wildman–Crippen MR) is 88.4 cm³/mol. The van der Waals surface area contributed by atoms with Crippen LogP contribution < -0.4 is 0 Å². The molecule has 0 spiro atoms. The molecule has 0 N–H and O–H groups in total. The van der Waals surface area contributed by atoms with Crippen LogP contribution in [0.2, 0.25) is 0 Å². The molecule has 116 valence electrons. The van der Waals surface area contributed by atoms with Gasteiger partial charge in [0, 0.05) is 20.0 Å². The summed E-state index contributed by atoms with van der Waals surface area (Å²) in [5, 5.41) is 0. The van der Waals surface area contributed by atoms with Crippen molar-refractivity contribution in [2.45, 2.75) is 59.3 Å². The molecule has 1 aromatic rings. The second-order valence-corrected chi connectivity index (χ2v) is 6.95. The van der Waals surface area contributed by atoms with Crippen molar-refractivity contribution in [3.8, 4) is 0 Å². The number of rotatable bonds is 5. The number of aryl methyl sites for hydroxylation is 1. The Balaban J connectivity index is 1.97. The molecule has 0 radical (unpaired) electrons. The highest BCUT2D eigenvalue weighted by atomic mass is 16.2. The molecule has 1 heterocycles. The number of hydrogen-bond donors (Lipinski definition) is 0. The van der Waals surface area contributed by atoms with Crippen LogP contribution in [0.15, 0.2) is 24.3 Å². The van der Waals surface area contributed by atoms with Gasteiger partial charge in [-0.3, -0.25) is 4.79 Å². The molecule has 0 aliphatic carbocycles. The van der Waals surface area contributed by atoms with Crippen molar-refractivity contribution >= 4 is 5.91 Å². The molecule has 2 nitrogen and oxygen atoms in total. The topological polar surface area (TPSA) is 20.3 Å². The van der Waals surface area contributed by atoms with E-state index in [1.807, 2.05) is 4.90 Å². The Bertz CT molecular complexity index is 465. The molecule has 2 heteroatoms. The average Bonchev–Trinajstić information content (AvgIpc) is 2.46. The number of hydrogen-bond acceptors (Lipinski definition) is 1. The third kappa shape index (κ3) is 4.59. The second kappa shape index (κ2) is 7.11. The predicted octanol–water partition coefficient (Wildman–Crippen LogP) is 4.22. The monoisotopic (exact) mass is 287 g/mol. The molecule has 1 amide bonds. The number of unbranched alkanes of at least 4 members (excludes halogenated alkanes) is 1. The van der Waals surface area contributed by atoms with Crippen molar-refractivity contribution in [2.24, 2.45) is 5.41 Å². The van der Waals surface area contributed by atoms with Crippen molar-refractivity contribution in [3.63, 3.8) is 0 Å². The molecule has 1 aliphatic heterocycles. The number of nitrogens with zero attached hydrogens (tertiary/aromatic N) is 1. The van der Waals surface area contributed by atoms with E-state index in [4.69, 9.17) is 0 Å². The molecule has 0 saturated carbocycles. The molecule has 2 rings (SSSR count). The van der Waals surface area contributed by atoms with Crippen LogP contribution in [-0.2, 0) is 17.6 Å². The van der Waals surface area contributed by atoms with Crippen molar-refractivity contribution in [3.05, 3.63) is 35.4 Å². The maximum Gasteiger partial charge on any atom is 0.219 e. The van der Waals surface area contributed by atoms with E-state index < -0.39 is 0 Å². The lowest BCUT2D eigenvalue weighted by Gasteiger charge is -2.40. The van der Waals surface area contributed by atoms with Crippen LogP contribution >= 0.6 is 0 Å². The van der Waals surface area contributed by atoms with Gasteiger partial charge in [-0.15, -0.1) is 0 Å². The standard InChI is InChI=1S/C19H29NO/c1-4-5-7-17-8-10-18(11-9-17)14-19(3)12-6-13-20(15-19)16(2)21/h8-11H,4-7,12-15H2,1-3H3. The van der Waals surface area contributed by atoms with Crippen LogP contribution in [0.3, 0.4) is 0 Å². The van der Waals surface area contributed by atoms with Gasteiger partial charge in [0.05, 0.1) is 0 Å². The van der Waals surface area contributed by atoms with Crippen LogP contribution in [0.25, 0.3) is 0 Å². The zero-order chi connectivity index (χ0) is 15.3. The number of piperidine rings is 1. The Hall–Kier alpha value is -1.31. The smallest absolute Gasteiger partial charge is 0.219 e. The third-order valence-corrected chi connectivity index (χ3v) is 4.70. The first-order chi connectivity index (χ1) is 10.0. The molecule has 1 aromatic carbocycles. The Kier molecular flexibility index (Phi) is 5.44. The van der Waals surface area contributed by atoms with E-state index in [1.54, 1.807) is 6.92 Å². The van der Waals surface area contributed by atoms with Crippen molar-refractivity contribution in [1.82, 2.24) is 4.90 Å². The maximum atomic E-state index is 11.6. The molecule has 0 aromatic heterocycles. The zero-order valence-corrected chi connectivity index (χ0v) is 13.8. The highest BCUT2D eigenvalue weighted by molar-refractivity contribution is 5.73. The number of benzene rings is 1. The molecule has 1 atom stereocenters. The zero-order valence-electron chi connectivity index (χ0n) is 13.8. The summed E-state index contributed by atoms with van der Waals surface area (Å²) in [7, 11) is 0. The Morgan fingerprint density at radius 2 is 1.90 bits per heavy atom. The fourth-order valence-corrected chi connectivity index (χ4v) is 3.43. The Morgan fingerprint density at radius 1 is 1.24 bits per heavy atom. The highest BCUT2D eigenvalue weighted by Crippen LogP contribution is 2.33. The first-order valence-electron chi connectivity index (χ1n) is 8.36. The van der Waals surface area contributed by atoms with Crippen molar-refractivity contribution in [2.75, 3.05) is 13.1 Å². The van der Waals surface area contributed by atoms with Gasteiger partial charge in [-0.2, -0.15) is 0 Å². The number of carbonyl (C=O) groups excluding carboxylic acids is 1. The number of carbonyl (C=O) groups is 1. The molecular weight excluding hydrogens is 258 g/mol. The molecule has 1 fully saturated rings. The molecular formula is C19H29NO. The van der Waals surface area contributed by atoms with Crippen LogP contribution in [0.4, 0.5) is 0 Å². The second-order valence-electron chi connectivity index (χ2n) is 6.95. The van der Waals surface area contributed by atoms with Gasteiger partial charge in [0.1, 0.15) is 0 Å². The van der Waals surface area contributed by atoms with Gasteiger partial charge in [0.2, 0.25) is 5.91 Å². The summed E-state index contributed by atoms with van der Waals surface area (Å²) in [6.45, 7) is 8.08. The van der Waals surface area contributed by atoms with E-state index in [0.29, 0.717) is 0 Å². The summed E-state index contributed by atoms with van der Waals surface area (Å²) in [6, 6.07) is 9.12. The van der Waals surface area contributed by atoms with Gasteiger partial charge < -0.3 is 4.90 Å². The first kappa shape index (κ1) is 16.1. The Morgan fingerprint density at radius 3 is 2.52 bits per heavy atom. The van der Waals surface area contributed by atoms with Crippen molar-refractivity contribution < 1.29 is 4.79 Å². The summed E-state index contributed by atoms with van der Waals surface area (Å²) in [5.41, 5.74) is 3.08. The molecule has 0 bridgehead atoms. The molecule has 1 unspecified atom stereocenters. The lowest BCUT2D eigenvalue weighted by molar-refractivity contribution is -0.132. The highest BCUT2D eigenvalue weighted by Gasteiger charge is 2.32. The van der Waals surface area contributed by atoms with E-state index in [1.165, 1.54) is 36.8 Å². The van der Waals surface area contributed by atoms with Gasteiger partial charge in [0.25, 0.3) is 0 Å². The van der Waals surface area contributed by atoms with E-state index in [-0.39, 0.29) is 11.3 Å². The largest absolute Gasteiger partial charge is 0.342 e. The van der Waals surface area contributed by atoms with Gasteiger partial charge in [-0.05, 0) is 48.6 Å². The van der Waals surface area contributed by atoms with Gasteiger partial charge in [-0.1, -0.05) is 44.5 Å². The maximum absolute atomic E-state index is 11.6. The molecule has 21 heavy (non-hydrogen) atoms. The minimum absolute atomic E-state index is 0.218. The number of likely N-dealkylation sites (tertiary alicyclic amines) is 1. The average molecular weight is 287 g/mol. The number of amides is 1. The third-order valence-electron chi connectivity index (χ3n) is 4.70. The molecule has 1 aliphatic rings. The summed E-state index contributed by atoms with van der Waals surface area (Å²) >= 11 is 0. The van der Waals surface area contributed by atoms with E-state index >= 15 is 0 Å². The SMILES string of the molecule is CCCCc1ccc(CC2(C)CCCN(C(C)=O)C2)cc1. The van der Waals surface area contributed by atoms with Crippen LogP contribution in [-0.4, -0.2) is 23.9 Å². The fraction of sp³-hybridized carbons (Fsp3) is 0.632. The van der Waals surface area contributed by atoms with Gasteiger partial charge in [-0.25, -0.2) is 0 Å². The summed E-state index contributed by atoms with van der Waals surface area (Å²) in [5.74, 6) is 0.218. The van der Waals surface area contributed by atoms with Gasteiger partial charge >= 0.3 is 0 Å². The lowest BCUT2D eigenvalue weighted by atomic mass is 9.77. The summed E-state index contributed by atoms with van der Waals surface area (Å²) < 4.78 is 0. The minimum atomic E-state index is 0.218. The van der Waals surface area contributed by atoms with Crippen LogP contribution in [0.5, 0.6) is 0 Å². The normalized spacial score (nSPS) is 22.3. The quantitative estimate of drug-likeness (QED) is 0.794. The van der Waals surface area contributed by atoms with E-state index in [9.17, 15) is 4.79 Å². The molecule has 1 saturated heterocycles. The first-order valence-corrected chi connectivity index (χ1v) is 8.36. The van der Waals surface area contributed by atoms with E-state index in [0.717, 1.165) is 25.9 Å². The van der Waals surface area contributed by atoms with Crippen molar-refractivity contribution in [1.29, 1.82) is 0 Å². The Labute approximate surface area is 129 Å². The fourth-order valence-electron chi connectivity index (χ4n) is 3.43.